The van der Waals surface area contributed by atoms with Crippen molar-refractivity contribution in [3.8, 4) is 0 Å². The maximum atomic E-state index is 12.1. The minimum absolute atomic E-state index is 0.0211. The van der Waals surface area contributed by atoms with Crippen LogP contribution in [0, 0.1) is 0 Å². The molecular formula is C13H21F3N4. The third kappa shape index (κ3) is 5.63. The van der Waals surface area contributed by atoms with Crippen LogP contribution >= 0.6 is 0 Å². The van der Waals surface area contributed by atoms with Crippen molar-refractivity contribution in [3.05, 3.63) is 11.9 Å². The van der Waals surface area contributed by atoms with Crippen molar-refractivity contribution < 1.29 is 13.2 Å². The average molecular weight is 290 g/mol. The van der Waals surface area contributed by atoms with Crippen LogP contribution in [0.5, 0.6) is 0 Å². The number of alkyl halides is 3. The molecule has 0 unspecified atom stereocenters. The zero-order valence-corrected chi connectivity index (χ0v) is 12.2. The van der Waals surface area contributed by atoms with E-state index in [9.17, 15) is 13.2 Å². The second-order valence-corrected chi connectivity index (χ2v) is 5.61. The molecule has 0 amide bonds. The van der Waals surface area contributed by atoms with Gasteiger partial charge in [-0.05, 0) is 6.42 Å². The largest absolute Gasteiger partial charge is 0.389 e. The minimum Gasteiger partial charge on any atom is -0.373 e. The minimum atomic E-state index is -4.11. The molecule has 7 heteroatoms. The van der Waals surface area contributed by atoms with E-state index in [1.165, 1.54) is 0 Å². The van der Waals surface area contributed by atoms with E-state index in [4.69, 9.17) is 0 Å². The lowest BCUT2D eigenvalue weighted by Crippen LogP contribution is -2.18. The van der Waals surface area contributed by atoms with E-state index in [0.29, 0.717) is 17.5 Å². The molecule has 1 rings (SSSR count). The molecule has 0 bridgehead atoms. The van der Waals surface area contributed by atoms with E-state index in [1.54, 1.807) is 13.1 Å². The molecule has 0 aliphatic carbocycles. The molecule has 1 aromatic heterocycles. The summed E-state index contributed by atoms with van der Waals surface area (Å²) >= 11 is 0. The van der Waals surface area contributed by atoms with Crippen molar-refractivity contribution in [2.75, 3.05) is 24.2 Å². The van der Waals surface area contributed by atoms with Crippen molar-refractivity contribution in [2.45, 2.75) is 45.2 Å². The Balaban J connectivity index is 2.70. The first-order valence-electron chi connectivity index (χ1n) is 6.50. The van der Waals surface area contributed by atoms with E-state index in [1.807, 2.05) is 20.8 Å². The lowest BCUT2D eigenvalue weighted by atomic mass is 9.96. The van der Waals surface area contributed by atoms with Gasteiger partial charge in [0.1, 0.15) is 17.5 Å². The van der Waals surface area contributed by atoms with Gasteiger partial charge < -0.3 is 10.6 Å². The van der Waals surface area contributed by atoms with Crippen LogP contribution in [-0.4, -0.2) is 29.7 Å². The molecule has 0 saturated heterocycles. The second-order valence-electron chi connectivity index (χ2n) is 5.61. The van der Waals surface area contributed by atoms with E-state index in [0.717, 1.165) is 0 Å². The van der Waals surface area contributed by atoms with Crippen molar-refractivity contribution in [1.29, 1.82) is 0 Å². The van der Waals surface area contributed by atoms with Crippen molar-refractivity contribution in [3.63, 3.8) is 0 Å². The molecule has 1 aromatic rings. The van der Waals surface area contributed by atoms with Crippen LogP contribution in [0.4, 0.5) is 24.8 Å². The standard InChI is InChI=1S/C13H21F3N4/c1-12(2,3)11-19-9(17-4)8-10(20-11)18-7-5-6-13(14,15)16/h8H,5-7H2,1-4H3,(H2,17,18,19,20). The lowest BCUT2D eigenvalue weighted by Gasteiger charge is -2.19. The number of aromatic nitrogens is 2. The maximum absolute atomic E-state index is 12.1. The monoisotopic (exact) mass is 290 g/mol. The molecule has 0 saturated carbocycles. The summed E-state index contributed by atoms with van der Waals surface area (Å²) in [5, 5.41) is 5.84. The number of nitrogens with one attached hydrogen (secondary N) is 2. The lowest BCUT2D eigenvalue weighted by molar-refractivity contribution is -0.134. The molecular weight excluding hydrogens is 269 g/mol. The van der Waals surface area contributed by atoms with Gasteiger partial charge in [-0.15, -0.1) is 0 Å². The molecule has 2 N–H and O–H groups in total. The van der Waals surface area contributed by atoms with E-state index < -0.39 is 12.6 Å². The summed E-state index contributed by atoms with van der Waals surface area (Å²) in [6.45, 7) is 6.17. The Labute approximate surface area is 117 Å². The summed E-state index contributed by atoms with van der Waals surface area (Å²) < 4.78 is 36.2. The molecule has 0 aliphatic rings. The molecule has 1 heterocycles. The number of halogens is 3. The summed E-state index contributed by atoms with van der Waals surface area (Å²) in [7, 11) is 1.74. The Bertz CT molecular complexity index is 438. The summed E-state index contributed by atoms with van der Waals surface area (Å²) in [5.41, 5.74) is -0.227. The number of hydrogen-bond acceptors (Lipinski definition) is 4. The van der Waals surface area contributed by atoms with Crippen molar-refractivity contribution >= 4 is 11.6 Å². The number of hydrogen-bond donors (Lipinski definition) is 2. The van der Waals surface area contributed by atoms with Crippen molar-refractivity contribution in [1.82, 2.24) is 9.97 Å². The van der Waals surface area contributed by atoms with Crippen LogP contribution in [0.2, 0.25) is 0 Å². The van der Waals surface area contributed by atoms with Crippen LogP contribution in [0.1, 0.15) is 39.4 Å². The fourth-order valence-electron chi connectivity index (χ4n) is 1.51. The Kier molecular flexibility index (Phi) is 5.19. The Morgan fingerprint density at radius 2 is 1.70 bits per heavy atom. The number of rotatable bonds is 5. The molecule has 0 atom stereocenters. The summed E-state index contributed by atoms with van der Waals surface area (Å²) in [6.07, 6.45) is -4.89. The normalized spacial score (nSPS) is 12.3. The Morgan fingerprint density at radius 3 is 2.20 bits per heavy atom. The van der Waals surface area contributed by atoms with Gasteiger partial charge in [-0.25, -0.2) is 9.97 Å². The second kappa shape index (κ2) is 6.28. The van der Waals surface area contributed by atoms with Gasteiger partial charge in [-0.3, -0.25) is 0 Å². The summed E-state index contributed by atoms with van der Waals surface area (Å²) in [4.78, 5) is 8.69. The zero-order chi connectivity index (χ0) is 15.4. The van der Waals surface area contributed by atoms with E-state index >= 15 is 0 Å². The van der Waals surface area contributed by atoms with Gasteiger partial charge in [0.2, 0.25) is 0 Å². The van der Waals surface area contributed by atoms with Crippen LogP contribution in [-0.2, 0) is 5.41 Å². The Hall–Kier alpha value is -1.53. The van der Waals surface area contributed by atoms with Gasteiger partial charge in [0, 0.05) is 31.5 Å². The number of nitrogens with zero attached hydrogens (tertiary/aromatic N) is 2. The third-order valence-electron chi connectivity index (χ3n) is 2.60. The first-order valence-corrected chi connectivity index (χ1v) is 6.50. The molecule has 114 valence electrons. The smallest absolute Gasteiger partial charge is 0.373 e. The highest BCUT2D eigenvalue weighted by Crippen LogP contribution is 2.23. The predicted octanol–water partition coefficient (Wildman–Crippen LogP) is 3.57. The first-order chi connectivity index (χ1) is 9.12. The third-order valence-corrected chi connectivity index (χ3v) is 2.60. The first kappa shape index (κ1) is 16.5. The highest BCUT2D eigenvalue weighted by Gasteiger charge is 2.26. The van der Waals surface area contributed by atoms with Crippen LogP contribution in [0.25, 0.3) is 0 Å². The van der Waals surface area contributed by atoms with E-state index in [2.05, 4.69) is 20.6 Å². The topological polar surface area (TPSA) is 49.8 Å². The molecule has 0 spiro atoms. The van der Waals surface area contributed by atoms with Crippen LogP contribution in [0.15, 0.2) is 6.07 Å². The SMILES string of the molecule is CNc1cc(NCCCC(F)(F)F)nc(C(C)(C)C)n1. The van der Waals surface area contributed by atoms with Gasteiger partial charge in [0.25, 0.3) is 0 Å². The predicted molar refractivity (Wildman–Crippen MR) is 74.1 cm³/mol. The molecule has 0 aromatic carbocycles. The quantitative estimate of drug-likeness (QED) is 0.814. The maximum Gasteiger partial charge on any atom is 0.389 e. The number of anilines is 2. The van der Waals surface area contributed by atoms with Gasteiger partial charge in [0.05, 0.1) is 0 Å². The fraction of sp³-hybridized carbons (Fsp3) is 0.692. The summed E-state index contributed by atoms with van der Waals surface area (Å²) in [5.74, 6) is 1.82. The van der Waals surface area contributed by atoms with Crippen LogP contribution < -0.4 is 10.6 Å². The highest BCUT2D eigenvalue weighted by atomic mass is 19.4. The fourth-order valence-corrected chi connectivity index (χ4v) is 1.51. The molecule has 0 aliphatic heterocycles. The van der Waals surface area contributed by atoms with Gasteiger partial charge in [0.15, 0.2) is 0 Å². The molecule has 20 heavy (non-hydrogen) atoms. The van der Waals surface area contributed by atoms with Crippen molar-refractivity contribution in [2.24, 2.45) is 0 Å². The molecule has 0 radical (unpaired) electrons. The zero-order valence-electron chi connectivity index (χ0n) is 12.2. The molecule has 4 nitrogen and oxygen atoms in total. The molecule has 0 fully saturated rings. The van der Waals surface area contributed by atoms with Gasteiger partial charge >= 0.3 is 6.18 Å². The van der Waals surface area contributed by atoms with Gasteiger partial charge in [-0.1, -0.05) is 20.8 Å². The Morgan fingerprint density at radius 1 is 1.10 bits per heavy atom. The van der Waals surface area contributed by atoms with Crippen LogP contribution in [0.3, 0.4) is 0 Å². The van der Waals surface area contributed by atoms with Gasteiger partial charge in [-0.2, -0.15) is 13.2 Å². The highest BCUT2D eigenvalue weighted by molar-refractivity contribution is 5.47. The van der Waals surface area contributed by atoms with E-state index in [-0.39, 0.29) is 18.4 Å². The average Bonchev–Trinajstić information content (AvgIpc) is 2.32. The summed E-state index contributed by atoms with van der Waals surface area (Å²) in [6, 6.07) is 1.68.